The Morgan fingerprint density at radius 2 is 1.00 bits per heavy atom. The van der Waals surface area contributed by atoms with Gasteiger partial charge in [-0.3, -0.25) is 19.6 Å². The molecule has 0 radical (unpaired) electrons. The zero-order chi connectivity index (χ0) is 26.1. The van der Waals surface area contributed by atoms with E-state index in [2.05, 4.69) is 44.9 Å². The van der Waals surface area contributed by atoms with E-state index in [-0.39, 0.29) is 28.3 Å². The average Bonchev–Trinajstić information content (AvgIpc) is 2.92. The van der Waals surface area contributed by atoms with Crippen LogP contribution in [0.5, 0.6) is 0 Å². The van der Waals surface area contributed by atoms with Crippen molar-refractivity contribution in [3.05, 3.63) is 71.0 Å². The summed E-state index contributed by atoms with van der Waals surface area (Å²) in [6, 6.07) is 6.77. The minimum absolute atomic E-state index is 0. The molecule has 0 saturated heterocycles. The van der Waals surface area contributed by atoms with Crippen LogP contribution in [0.25, 0.3) is 10.9 Å². The van der Waals surface area contributed by atoms with Gasteiger partial charge in [-0.2, -0.15) is 0 Å². The van der Waals surface area contributed by atoms with E-state index in [0.717, 1.165) is 25.7 Å². The molecule has 2 heterocycles. The fourth-order valence-corrected chi connectivity index (χ4v) is 3.10. The van der Waals surface area contributed by atoms with Crippen LogP contribution in [0, 0.1) is 0 Å². The van der Waals surface area contributed by atoms with Crippen molar-refractivity contribution in [2.75, 3.05) is 0 Å². The zero-order valence-corrected chi connectivity index (χ0v) is 23.1. The zero-order valence-electron chi connectivity index (χ0n) is 22.2. The molecule has 0 saturated carbocycles. The van der Waals surface area contributed by atoms with E-state index in [9.17, 15) is 9.59 Å². The predicted octanol–water partition coefficient (Wildman–Crippen LogP) is 7.30. The first-order valence-corrected chi connectivity index (χ1v) is 13.1. The maximum absolute atomic E-state index is 9.60. The SMILES string of the molecule is CCCCCCC/C=N\[N-]C(=[OH+])c1ccncc1.CCCCCCC/C=N\[N-]C(=[OH+])c1ccncc1.[Ni]. The Morgan fingerprint density at radius 1 is 0.649 bits per heavy atom. The van der Waals surface area contributed by atoms with Crippen LogP contribution in [0.2, 0.25) is 0 Å². The van der Waals surface area contributed by atoms with Gasteiger partial charge < -0.3 is 21.1 Å². The first-order chi connectivity index (χ1) is 17.7. The molecule has 206 valence electrons. The van der Waals surface area contributed by atoms with Crippen molar-refractivity contribution >= 4 is 24.2 Å². The summed E-state index contributed by atoms with van der Waals surface area (Å²) in [6.07, 6.45) is 24.2. The van der Waals surface area contributed by atoms with Gasteiger partial charge in [0, 0.05) is 41.3 Å². The van der Waals surface area contributed by atoms with E-state index in [1.807, 2.05) is 0 Å². The van der Waals surface area contributed by atoms with Gasteiger partial charge in [0.1, 0.15) is 0 Å². The Balaban J connectivity index is 0.000000682. The minimum Gasteiger partial charge on any atom is -0.491 e. The topological polar surface area (TPSA) is 122 Å². The van der Waals surface area contributed by atoms with Gasteiger partial charge in [0.05, 0.1) is 11.1 Å². The average molecular weight is 553 g/mol. The largest absolute Gasteiger partial charge is 0.491 e. The third kappa shape index (κ3) is 18.9. The second kappa shape index (κ2) is 24.8. The van der Waals surface area contributed by atoms with Crippen LogP contribution < -0.4 is 0 Å². The third-order valence-electron chi connectivity index (χ3n) is 5.22. The van der Waals surface area contributed by atoms with Crippen molar-refractivity contribution in [1.29, 1.82) is 0 Å². The van der Waals surface area contributed by atoms with Crippen LogP contribution in [-0.4, -0.2) is 43.8 Å². The van der Waals surface area contributed by atoms with E-state index >= 15 is 0 Å². The van der Waals surface area contributed by atoms with Crippen molar-refractivity contribution in [2.24, 2.45) is 10.2 Å². The number of hydrogen-bond donors (Lipinski definition) is 0. The molecule has 2 aromatic rings. The molecular weight excluding hydrogens is 511 g/mol. The second-order valence-corrected chi connectivity index (χ2v) is 8.32. The number of nitrogens with zero attached hydrogens (tertiary/aromatic N) is 6. The van der Waals surface area contributed by atoms with Crippen LogP contribution in [0.15, 0.2) is 59.3 Å². The summed E-state index contributed by atoms with van der Waals surface area (Å²) in [5.74, 6) is -0.140. The molecule has 0 aliphatic rings. The summed E-state index contributed by atoms with van der Waals surface area (Å²) in [7, 11) is 0. The van der Waals surface area contributed by atoms with Gasteiger partial charge in [0.15, 0.2) is 0 Å². The van der Waals surface area contributed by atoms with Gasteiger partial charge in [-0.25, -0.2) is 0 Å². The molecule has 0 aliphatic heterocycles. The predicted molar refractivity (Wildman–Crippen MR) is 151 cm³/mol. The Kier molecular flexibility index (Phi) is 22.8. The molecular formula is C28H42N6NiO2. The molecule has 2 rings (SSSR count). The Morgan fingerprint density at radius 3 is 1.35 bits per heavy atom. The quantitative estimate of drug-likeness (QED) is 0.0712. The normalized spacial score (nSPS) is 10.4. The van der Waals surface area contributed by atoms with E-state index in [1.54, 1.807) is 61.5 Å². The molecule has 2 amide bonds. The number of pyridine rings is 2. The van der Waals surface area contributed by atoms with Crippen molar-refractivity contribution in [3.8, 4) is 0 Å². The van der Waals surface area contributed by atoms with Crippen molar-refractivity contribution in [3.63, 3.8) is 0 Å². The first kappa shape index (κ1) is 34.1. The number of carbonyl (C=O) groups excluding carboxylic acids is 2. The maximum Gasteiger partial charge on any atom is 0.275 e. The number of hydrogen-bond acceptors (Lipinski definition) is 4. The molecule has 0 unspecified atom stereocenters. The standard InChI is InChI=1S/2C14H21N3O.Ni/c2*1-2-3-4-5-6-7-10-16-17-14(18)13-8-11-15-12-9-13;/h2*8-12H,2-7H2,1H3,(H,17,18);/b2*16-10-;. The molecule has 0 bridgehead atoms. The summed E-state index contributed by atoms with van der Waals surface area (Å²) in [5.41, 5.74) is 8.74. The van der Waals surface area contributed by atoms with Gasteiger partial charge in [-0.1, -0.05) is 65.2 Å². The Hall–Kier alpha value is -2.93. The van der Waals surface area contributed by atoms with Crippen molar-refractivity contribution < 1.29 is 26.1 Å². The van der Waals surface area contributed by atoms with E-state index in [1.165, 1.54) is 51.4 Å². The Bertz CT molecular complexity index is 805. The van der Waals surface area contributed by atoms with Gasteiger partial charge in [-0.05, 0) is 62.4 Å². The van der Waals surface area contributed by atoms with Crippen LogP contribution in [0.1, 0.15) is 102 Å². The Labute approximate surface area is 232 Å². The molecule has 9 heteroatoms. The number of rotatable bonds is 16. The molecule has 2 aromatic heterocycles. The summed E-state index contributed by atoms with van der Waals surface area (Å²) < 4.78 is 0. The van der Waals surface area contributed by atoms with Crippen LogP contribution in [-0.2, 0) is 16.5 Å². The molecule has 0 atom stereocenters. The molecule has 0 spiro atoms. The van der Waals surface area contributed by atoms with Crippen LogP contribution >= 0.6 is 0 Å². The number of unbranched alkanes of at least 4 members (excludes halogenated alkanes) is 10. The summed E-state index contributed by atoms with van der Waals surface area (Å²) >= 11 is 0. The van der Waals surface area contributed by atoms with Crippen molar-refractivity contribution in [2.45, 2.75) is 90.9 Å². The van der Waals surface area contributed by atoms with Gasteiger partial charge in [-0.15, -0.1) is 0 Å². The first-order valence-electron chi connectivity index (χ1n) is 13.1. The van der Waals surface area contributed by atoms with Gasteiger partial charge >= 0.3 is 0 Å². The monoisotopic (exact) mass is 552 g/mol. The molecule has 0 fully saturated rings. The number of amides is 2. The smallest absolute Gasteiger partial charge is 0.275 e. The van der Waals surface area contributed by atoms with Gasteiger partial charge in [0.2, 0.25) is 0 Å². The van der Waals surface area contributed by atoms with E-state index < -0.39 is 0 Å². The van der Waals surface area contributed by atoms with E-state index in [4.69, 9.17) is 0 Å². The minimum atomic E-state index is -0.0698. The molecule has 8 nitrogen and oxygen atoms in total. The van der Waals surface area contributed by atoms with Crippen LogP contribution in [0.3, 0.4) is 0 Å². The second-order valence-electron chi connectivity index (χ2n) is 8.32. The fourth-order valence-electron chi connectivity index (χ4n) is 3.10. The molecule has 37 heavy (non-hydrogen) atoms. The van der Waals surface area contributed by atoms with Gasteiger partial charge in [0.25, 0.3) is 11.8 Å². The molecule has 0 aliphatic carbocycles. The fraction of sp³-hybridized carbons (Fsp3) is 0.500. The van der Waals surface area contributed by atoms with E-state index in [0.29, 0.717) is 11.1 Å². The van der Waals surface area contributed by atoms with Crippen molar-refractivity contribution in [1.82, 2.24) is 9.97 Å². The number of aromatic nitrogens is 2. The summed E-state index contributed by atoms with van der Waals surface area (Å²) in [5, 5.41) is 7.72. The third-order valence-corrected chi connectivity index (χ3v) is 5.22. The van der Waals surface area contributed by atoms with Crippen LogP contribution in [0.4, 0.5) is 0 Å². The maximum atomic E-state index is 9.60. The molecule has 0 aromatic carbocycles. The summed E-state index contributed by atoms with van der Waals surface area (Å²) in [6.45, 7) is 4.41. The summed E-state index contributed by atoms with van der Waals surface area (Å²) in [4.78, 5) is 26.9. The molecule has 2 N–H and O–H groups in total.